The molecule has 0 bridgehead atoms. The first-order chi connectivity index (χ1) is 14.8. The highest BCUT2D eigenvalue weighted by Gasteiger charge is 2.36. The number of carbonyl (C=O) groups is 4. The van der Waals surface area contributed by atoms with E-state index in [1.54, 1.807) is 49.4 Å². The van der Waals surface area contributed by atoms with Crippen molar-refractivity contribution >= 4 is 51.5 Å². The smallest absolute Gasteiger partial charge is 0.344 e. The molecular weight excluding hydrogens is 468 g/mol. The van der Waals surface area contributed by atoms with Crippen LogP contribution >= 0.6 is 15.9 Å². The molecule has 1 heterocycles. The molecule has 2 aromatic rings. The number of aryl methyl sites for hydroxylation is 1. The van der Waals surface area contributed by atoms with Gasteiger partial charge in [-0.3, -0.25) is 14.9 Å². The molecule has 0 spiro atoms. The number of nitrogens with one attached hydrogen (secondary N) is 1. The second-order valence-corrected chi connectivity index (χ2v) is 7.43. The third-order valence-corrected chi connectivity index (χ3v) is 4.93. The maximum absolute atomic E-state index is 12.9. The van der Waals surface area contributed by atoms with E-state index in [1.807, 2.05) is 6.92 Å². The molecule has 1 aliphatic rings. The highest BCUT2D eigenvalue weighted by molar-refractivity contribution is 9.10. The van der Waals surface area contributed by atoms with Gasteiger partial charge in [0.2, 0.25) is 0 Å². The molecule has 0 aliphatic carbocycles. The number of benzene rings is 2. The minimum Gasteiger partial charge on any atom is -0.481 e. The Morgan fingerprint density at radius 3 is 2.48 bits per heavy atom. The molecule has 9 heteroatoms. The summed E-state index contributed by atoms with van der Waals surface area (Å²) in [5.41, 5.74) is 1.66. The number of imide groups is 2. The van der Waals surface area contributed by atoms with Gasteiger partial charge in [-0.1, -0.05) is 23.8 Å². The van der Waals surface area contributed by atoms with Crippen LogP contribution in [0.15, 0.2) is 52.5 Å². The third kappa shape index (κ3) is 5.18. The minimum atomic E-state index is -0.806. The first-order valence-electron chi connectivity index (χ1n) is 9.36. The van der Waals surface area contributed by atoms with Crippen molar-refractivity contribution in [2.45, 2.75) is 13.8 Å². The van der Waals surface area contributed by atoms with Gasteiger partial charge in [-0.15, -0.1) is 0 Å². The zero-order valence-corrected chi connectivity index (χ0v) is 18.4. The van der Waals surface area contributed by atoms with E-state index in [4.69, 9.17) is 9.47 Å². The number of hydrogen-bond donors (Lipinski definition) is 1. The second kappa shape index (κ2) is 9.57. The van der Waals surface area contributed by atoms with Crippen LogP contribution in [0.5, 0.6) is 5.75 Å². The SMILES string of the molecule is CCOC(=O)COc1ccc(/C=C2\C(=O)NC(=O)N(c3ccc(C)cc3)C2=O)cc1Br. The predicted molar refractivity (Wildman–Crippen MR) is 116 cm³/mol. The molecular formula is C22H19BrN2O6. The van der Waals surface area contributed by atoms with Gasteiger partial charge in [-0.05, 0) is 65.7 Å². The maximum Gasteiger partial charge on any atom is 0.344 e. The zero-order valence-electron chi connectivity index (χ0n) is 16.8. The number of anilines is 1. The van der Waals surface area contributed by atoms with Crippen LogP contribution in [-0.4, -0.2) is 37.0 Å². The molecule has 1 aliphatic heterocycles. The van der Waals surface area contributed by atoms with Crippen molar-refractivity contribution < 1.29 is 28.7 Å². The lowest BCUT2D eigenvalue weighted by Crippen LogP contribution is -2.54. The van der Waals surface area contributed by atoms with Crippen LogP contribution in [0.4, 0.5) is 10.5 Å². The van der Waals surface area contributed by atoms with Crippen molar-refractivity contribution in [2.24, 2.45) is 0 Å². The number of amides is 4. The largest absolute Gasteiger partial charge is 0.481 e. The molecule has 1 N–H and O–H groups in total. The molecule has 2 aromatic carbocycles. The van der Waals surface area contributed by atoms with E-state index >= 15 is 0 Å². The van der Waals surface area contributed by atoms with Crippen molar-refractivity contribution in [3.8, 4) is 5.75 Å². The van der Waals surface area contributed by atoms with Crippen molar-refractivity contribution in [3.63, 3.8) is 0 Å². The Morgan fingerprint density at radius 2 is 1.84 bits per heavy atom. The molecule has 0 atom stereocenters. The predicted octanol–water partition coefficient (Wildman–Crippen LogP) is 3.37. The quantitative estimate of drug-likeness (QED) is 0.381. The average molecular weight is 487 g/mol. The fraction of sp³-hybridized carbons (Fsp3) is 0.182. The number of carbonyl (C=O) groups excluding carboxylic acids is 4. The summed E-state index contributed by atoms with van der Waals surface area (Å²) < 4.78 is 10.7. The summed E-state index contributed by atoms with van der Waals surface area (Å²) >= 11 is 3.34. The Bertz CT molecular complexity index is 1080. The van der Waals surface area contributed by atoms with E-state index in [9.17, 15) is 19.2 Å². The lowest BCUT2D eigenvalue weighted by atomic mass is 10.1. The van der Waals surface area contributed by atoms with Crippen LogP contribution in [0.2, 0.25) is 0 Å². The Labute approximate surface area is 186 Å². The Morgan fingerprint density at radius 1 is 1.13 bits per heavy atom. The highest BCUT2D eigenvalue weighted by atomic mass is 79.9. The second-order valence-electron chi connectivity index (χ2n) is 6.58. The summed E-state index contributed by atoms with van der Waals surface area (Å²) in [6.45, 7) is 3.59. The number of nitrogens with zero attached hydrogens (tertiary/aromatic N) is 1. The van der Waals surface area contributed by atoms with Crippen molar-refractivity contribution in [1.82, 2.24) is 5.32 Å². The molecule has 0 saturated carbocycles. The fourth-order valence-electron chi connectivity index (χ4n) is 2.82. The number of ether oxygens (including phenoxy) is 2. The molecule has 1 fully saturated rings. The van der Waals surface area contributed by atoms with Gasteiger partial charge in [-0.25, -0.2) is 14.5 Å². The van der Waals surface area contributed by atoms with E-state index in [1.165, 1.54) is 6.08 Å². The van der Waals surface area contributed by atoms with Crippen LogP contribution in [-0.2, 0) is 19.1 Å². The molecule has 0 radical (unpaired) electrons. The Hall–Kier alpha value is -3.46. The summed E-state index contributed by atoms with van der Waals surface area (Å²) in [4.78, 5) is 49.8. The highest BCUT2D eigenvalue weighted by Crippen LogP contribution is 2.28. The van der Waals surface area contributed by atoms with Crippen LogP contribution < -0.4 is 15.0 Å². The third-order valence-electron chi connectivity index (χ3n) is 4.31. The van der Waals surface area contributed by atoms with Crippen LogP contribution in [0.3, 0.4) is 0 Å². The first kappa shape index (κ1) is 22.2. The van der Waals surface area contributed by atoms with Gasteiger partial charge in [0.1, 0.15) is 11.3 Å². The van der Waals surface area contributed by atoms with E-state index in [0.29, 0.717) is 21.5 Å². The van der Waals surface area contributed by atoms with Crippen LogP contribution in [0, 0.1) is 6.92 Å². The lowest BCUT2D eigenvalue weighted by molar-refractivity contribution is -0.145. The monoisotopic (exact) mass is 486 g/mol. The molecule has 1 saturated heterocycles. The summed E-state index contributed by atoms with van der Waals surface area (Å²) in [7, 11) is 0. The van der Waals surface area contributed by atoms with Crippen LogP contribution in [0.25, 0.3) is 6.08 Å². The van der Waals surface area contributed by atoms with E-state index in [2.05, 4.69) is 21.2 Å². The first-order valence-corrected chi connectivity index (χ1v) is 10.2. The minimum absolute atomic E-state index is 0.188. The summed E-state index contributed by atoms with van der Waals surface area (Å²) in [6, 6.07) is 10.8. The molecule has 0 unspecified atom stereocenters. The van der Waals surface area contributed by atoms with E-state index in [-0.39, 0.29) is 18.8 Å². The number of rotatable bonds is 6. The molecule has 160 valence electrons. The Kier molecular flexibility index (Phi) is 6.86. The van der Waals surface area contributed by atoms with Gasteiger partial charge in [0.25, 0.3) is 11.8 Å². The number of hydrogen-bond acceptors (Lipinski definition) is 6. The van der Waals surface area contributed by atoms with Gasteiger partial charge in [-0.2, -0.15) is 0 Å². The summed E-state index contributed by atoms with van der Waals surface area (Å²) in [5.74, 6) is -1.61. The Balaban J connectivity index is 1.84. The van der Waals surface area contributed by atoms with E-state index < -0.39 is 23.8 Å². The average Bonchev–Trinajstić information content (AvgIpc) is 2.72. The number of barbiturate groups is 1. The molecule has 0 aromatic heterocycles. The van der Waals surface area contributed by atoms with Gasteiger partial charge >= 0.3 is 12.0 Å². The number of halogens is 1. The normalized spacial score (nSPS) is 15.1. The lowest BCUT2D eigenvalue weighted by Gasteiger charge is -2.26. The van der Waals surface area contributed by atoms with Gasteiger partial charge in [0.15, 0.2) is 6.61 Å². The molecule has 3 rings (SSSR count). The van der Waals surface area contributed by atoms with Gasteiger partial charge in [0, 0.05) is 0 Å². The van der Waals surface area contributed by atoms with E-state index in [0.717, 1.165) is 10.5 Å². The zero-order chi connectivity index (χ0) is 22.5. The fourth-order valence-corrected chi connectivity index (χ4v) is 3.33. The number of esters is 1. The number of urea groups is 1. The summed E-state index contributed by atoms with van der Waals surface area (Å²) in [6.07, 6.45) is 1.38. The van der Waals surface area contributed by atoms with Crippen molar-refractivity contribution in [3.05, 3.63) is 63.6 Å². The summed E-state index contributed by atoms with van der Waals surface area (Å²) in [5, 5.41) is 2.19. The van der Waals surface area contributed by atoms with Gasteiger partial charge in [0.05, 0.1) is 16.8 Å². The van der Waals surface area contributed by atoms with Gasteiger partial charge < -0.3 is 9.47 Å². The molecule has 31 heavy (non-hydrogen) atoms. The van der Waals surface area contributed by atoms with Crippen LogP contribution in [0.1, 0.15) is 18.1 Å². The molecule has 4 amide bonds. The van der Waals surface area contributed by atoms with Crippen molar-refractivity contribution in [1.29, 1.82) is 0 Å². The van der Waals surface area contributed by atoms with Crippen molar-refractivity contribution in [2.75, 3.05) is 18.1 Å². The standard InChI is InChI=1S/C22H19BrN2O6/c1-3-30-19(26)12-31-18-9-6-14(11-17(18)23)10-16-20(27)24-22(29)25(21(16)28)15-7-4-13(2)5-8-15/h4-11H,3,12H2,1-2H3,(H,24,27,29)/b16-10+. The maximum atomic E-state index is 12.9. The topological polar surface area (TPSA) is 102 Å². The molecule has 8 nitrogen and oxygen atoms in total.